The van der Waals surface area contributed by atoms with Gasteiger partial charge in [0.25, 0.3) is 0 Å². The van der Waals surface area contributed by atoms with Crippen LogP contribution in [0.5, 0.6) is 0 Å². The van der Waals surface area contributed by atoms with Gasteiger partial charge in [-0.2, -0.15) is 0 Å². The molecule has 0 fully saturated rings. The van der Waals surface area contributed by atoms with Gasteiger partial charge >= 0.3 is 0 Å². The molecule has 2 heteroatoms. The summed E-state index contributed by atoms with van der Waals surface area (Å²) in [6.45, 7) is 12.0. The van der Waals surface area contributed by atoms with E-state index in [4.69, 9.17) is 4.74 Å². The summed E-state index contributed by atoms with van der Waals surface area (Å²) in [6, 6.07) is 8.20. The van der Waals surface area contributed by atoms with Crippen molar-refractivity contribution in [1.82, 2.24) is 0 Å². The summed E-state index contributed by atoms with van der Waals surface area (Å²) < 4.78 is 5.61. The Hall–Kier alpha value is -0.860. The Morgan fingerprint density at radius 1 is 1.10 bits per heavy atom. The molecule has 2 nitrogen and oxygen atoms in total. The van der Waals surface area contributed by atoms with Crippen molar-refractivity contribution in [3.63, 3.8) is 0 Å². The van der Waals surface area contributed by atoms with Gasteiger partial charge in [0.05, 0.1) is 6.61 Å². The Morgan fingerprint density at radius 3 is 2.20 bits per heavy atom. The van der Waals surface area contributed by atoms with Crippen LogP contribution in [0.1, 0.15) is 64.7 Å². The van der Waals surface area contributed by atoms with Crippen molar-refractivity contribution < 1.29 is 9.84 Å². The van der Waals surface area contributed by atoms with Crippen LogP contribution in [0.4, 0.5) is 0 Å². The molecule has 1 N–H and O–H groups in total. The average Bonchev–Trinajstić information content (AvgIpc) is 2.38. The van der Waals surface area contributed by atoms with Gasteiger partial charge in [-0.05, 0) is 28.9 Å². The molecule has 0 saturated carbocycles. The second kappa shape index (κ2) is 7.80. The van der Waals surface area contributed by atoms with Crippen LogP contribution in [-0.4, -0.2) is 18.3 Å². The van der Waals surface area contributed by atoms with E-state index >= 15 is 0 Å². The fourth-order valence-corrected chi connectivity index (χ4v) is 2.26. The third-order valence-electron chi connectivity index (χ3n) is 3.62. The summed E-state index contributed by atoms with van der Waals surface area (Å²) in [5.41, 5.74) is 2.36. The predicted molar refractivity (Wildman–Crippen MR) is 85.0 cm³/mol. The highest BCUT2D eigenvalue weighted by Crippen LogP contribution is 2.24. The molecule has 2 unspecified atom stereocenters. The Balaban J connectivity index is 2.46. The number of aliphatic hydroxyl groups is 1. The normalized spacial score (nSPS) is 15.1. The van der Waals surface area contributed by atoms with Gasteiger partial charge < -0.3 is 9.84 Å². The van der Waals surface area contributed by atoms with Crippen molar-refractivity contribution in [2.24, 2.45) is 5.92 Å². The van der Waals surface area contributed by atoms with Crippen LogP contribution >= 0.6 is 0 Å². The molecule has 0 heterocycles. The molecule has 2 atom stereocenters. The molecule has 0 aliphatic heterocycles. The van der Waals surface area contributed by atoms with Gasteiger partial charge in [0.2, 0.25) is 0 Å². The lowest BCUT2D eigenvalue weighted by Gasteiger charge is -2.20. The quantitative estimate of drug-likeness (QED) is 0.797. The molecule has 0 amide bonds. The Kier molecular flexibility index (Phi) is 6.70. The molecular weight excluding hydrogens is 248 g/mol. The summed E-state index contributed by atoms with van der Waals surface area (Å²) in [5, 5.41) is 10.1. The molecule has 1 aromatic rings. The van der Waals surface area contributed by atoms with E-state index < -0.39 is 6.10 Å². The molecular formula is C18H30O2. The first-order valence-electron chi connectivity index (χ1n) is 7.70. The number of aliphatic hydroxyl groups excluding tert-OH is 1. The molecule has 0 radical (unpaired) electrons. The minimum absolute atomic E-state index is 0.148. The Morgan fingerprint density at radius 2 is 1.70 bits per heavy atom. The second-order valence-electron chi connectivity index (χ2n) is 6.82. The summed E-state index contributed by atoms with van der Waals surface area (Å²) in [7, 11) is 0. The van der Waals surface area contributed by atoms with E-state index in [0.717, 1.165) is 12.2 Å². The van der Waals surface area contributed by atoms with Crippen LogP contribution in [0.25, 0.3) is 0 Å². The lowest BCUT2D eigenvalue weighted by atomic mass is 9.86. The molecule has 114 valence electrons. The van der Waals surface area contributed by atoms with Crippen molar-refractivity contribution in [2.75, 3.05) is 13.2 Å². The highest BCUT2D eigenvalue weighted by Gasteiger charge is 2.14. The minimum Gasteiger partial charge on any atom is -0.386 e. The number of rotatable bonds is 7. The summed E-state index contributed by atoms with van der Waals surface area (Å²) in [4.78, 5) is 0. The smallest absolute Gasteiger partial charge is 0.102 e. The first-order chi connectivity index (χ1) is 9.34. The maximum Gasteiger partial charge on any atom is 0.102 e. The van der Waals surface area contributed by atoms with E-state index in [1.165, 1.54) is 18.4 Å². The minimum atomic E-state index is -0.530. The SMILES string of the molecule is CCCC(C)COCC(O)c1ccc(C(C)(C)C)cc1. The van der Waals surface area contributed by atoms with Gasteiger partial charge in [0.1, 0.15) is 6.10 Å². The van der Waals surface area contributed by atoms with Crippen molar-refractivity contribution in [2.45, 2.75) is 59.0 Å². The topological polar surface area (TPSA) is 29.5 Å². The first-order valence-corrected chi connectivity index (χ1v) is 7.70. The average molecular weight is 278 g/mol. The number of ether oxygens (including phenoxy) is 1. The van der Waals surface area contributed by atoms with Gasteiger partial charge in [-0.1, -0.05) is 65.3 Å². The van der Waals surface area contributed by atoms with Crippen LogP contribution in [-0.2, 0) is 10.2 Å². The summed E-state index contributed by atoms with van der Waals surface area (Å²) in [6.07, 6.45) is 1.83. The van der Waals surface area contributed by atoms with Crippen LogP contribution < -0.4 is 0 Å². The van der Waals surface area contributed by atoms with Crippen LogP contribution in [0.2, 0.25) is 0 Å². The van der Waals surface area contributed by atoms with Crippen molar-refractivity contribution in [1.29, 1.82) is 0 Å². The molecule has 1 rings (SSSR count). The molecule has 0 spiro atoms. The zero-order valence-corrected chi connectivity index (χ0v) is 13.6. The molecule has 0 aliphatic carbocycles. The molecule has 20 heavy (non-hydrogen) atoms. The summed E-state index contributed by atoms with van der Waals surface area (Å²) in [5.74, 6) is 0.565. The number of hydrogen-bond donors (Lipinski definition) is 1. The number of hydrogen-bond acceptors (Lipinski definition) is 2. The maximum atomic E-state index is 10.1. The third kappa shape index (κ3) is 5.64. The van der Waals surface area contributed by atoms with E-state index in [9.17, 15) is 5.11 Å². The van der Waals surface area contributed by atoms with E-state index in [-0.39, 0.29) is 5.41 Å². The zero-order chi connectivity index (χ0) is 15.2. The van der Waals surface area contributed by atoms with Crippen LogP contribution in [0.3, 0.4) is 0 Å². The van der Waals surface area contributed by atoms with E-state index in [1.54, 1.807) is 0 Å². The highest BCUT2D eigenvalue weighted by atomic mass is 16.5. The predicted octanol–water partition coefficient (Wildman–Crippen LogP) is 4.47. The van der Waals surface area contributed by atoms with E-state index in [2.05, 4.69) is 46.8 Å². The lowest BCUT2D eigenvalue weighted by Crippen LogP contribution is -2.13. The second-order valence-corrected chi connectivity index (χ2v) is 6.82. The van der Waals surface area contributed by atoms with E-state index in [0.29, 0.717) is 12.5 Å². The van der Waals surface area contributed by atoms with Crippen molar-refractivity contribution in [3.8, 4) is 0 Å². The number of benzene rings is 1. The summed E-state index contributed by atoms with van der Waals surface area (Å²) >= 11 is 0. The largest absolute Gasteiger partial charge is 0.386 e. The monoisotopic (exact) mass is 278 g/mol. The molecule has 0 saturated heterocycles. The Labute approximate surface area is 124 Å². The molecule has 0 bridgehead atoms. The van der Waals surface area contributed by atoms with Crippen molar-refractivity contribution in [3.05, 3.63) is 35.4 Å². The van der Waals surface area contributed by atoms with Gasteiger partial charge in [-0.15, -0.1) is 0 Å². The fourth-order valence-electron chi connectivity index (χ4n) is 2.26. The molecule has 0 aromatic heterocycles. The van der Waals surface area contributed by atoms with Gasteiger partial charge in [0.15, 0.2) is 0 Å². The maximum absolute atomic E-state index is 10.1. The third-order valence-corrected chi connectivity index (χ3v) is 3.62. The fraction of sp³-hybridized carbons (Fsp3) is 0.667. The zero-order valence-electron chi connectivity index (χ0n) is 13.6. The van der Waals surface area contributed by atoms with Gasteiger partial charge in [-0.3, -0.25) is 0 Å². The molecule has 0 aliphatic rings. The highest BCUT2D eigenvalue weighted by molar-refractivity contribution is 5.28. The first kappa shape index (κ1) is 17.2. The van der Waals surface area contributed by atoms with Crippen molar-refractivity contribution >= 4 is 0 Å². The van der Waals surface area contributed by atoms with Gasteiger partial charge in [-0.25, -0.2) is 0 Å². The Bertz CT molecular complexity index is 375. The molecule has 1 aromatic carbocycles. The van der Waals surface area contributed by atoms with Crippen LogP contribution in [0.15, 0.2) is 24.3 Å². The lowest BCUT2D eigenvalue weighted by molar-refractivity contribution is 0.0215. The standard InChI is InChI=1S/C18H30O2/c1-6-7-14(2)12-20-13-17(19)15-8-10-16(11-9-15)18(3,4)5/h8-11,14,17,19H,6-7,12-13H2,1-5H3. The van der Waals surface area contributed by atoms with Gasteiger partial charge in [0, 0.05) is 6.61 Å². The van der Waals surface area contributed by atoms with Crippen LogP contribution in [0, 0.1) is 5.92 Å². The van der Waals surface area contributed by atoms with E-state index in [1.807, 2.05) is 12.1 Å².